The van der Waals surface area contributed by atoms with Crippen molar-refractivity contribution >= 4 is 0 Å². The molecule has 4 unspecified atom stereocenters. The van der Waals surface area contributed by atoms with Crippen molar-refractivity contribution in [1.29, 1.82) is 0 Å². The van der Waals surface area contributed by atoms with Crippen molar-refractivity contribution in [3.63, 3.8) is 0 Å². The average Bonchev–Trinajstić information content (AvgIpc) is 2.78. The third-order valence-electron chi connectivity index (χ3n) is 6.38. The molecular weight excluding hydrogens is 392 g/mol. The lowest BCUT2D eigenvalue weighted by Crippen LogP contribution is -2.40. The Morgan fingerprint density at radius 1 is 1.03 bits per heavy atom. The SMILES string of the molecule is C=CC[C@@H]1CC(OCc2ccccc2)CC(C[C@@H](CC2CCCC(C[CH]O)O2)OC)O1. The van der Waals surface area contributed by atoms with Crippen molar-refractivity contribution in [2.75, 3.05) is 7.11 Å². The first-order chi connectivity index (χ1) is 15.2. The molecule has 0 bridgehead atoms. The molecule has 2 fully saturated rings. The van der Waals surface area contributed by atoms with Crippen molar-refractivity contribution in [3.8, 4) is 0 Å². The van der Waals surface area contributed by atoms with Crippen LogP contribution in [-0.4, -0.2) is 48.8 Å². The van der Waals surface area contributed by atoms with E-state index in [4.69, 9.17) is 24.1 Å². The summed E-state index contributed by atoms with van der Waals surface area (Å²) in [6.45, 7) is 5.74. The van der Waals surface area contributed by atoms with Gasteiger partial charge in [0.05, 0.1) is 49.8 Å². The Bertz CT molecular complexity index is 619. The maximum atomic E-state index is 9.09. The summed E-state index contributed by atoms with van der Waals surface area (Å²) in [5.74, 6) is 0. The minimum atomic E-state index is 0.0871. The predicted molar refractivity (Wildman–Crippen MR) is 121 cm³/mol. The third kappa shape index (κ3) is 8.32. The number of ether oxygens (including phenoxy) is 4. The number of hydrogen-bond donors (Lipinski definition) is 1. The summed E-state index contributed by atoms with van der Waals surface area (Å²) < 4.78 is 24.7. The number of methoxy groups -OCH3 is 1. The third-order valence-corrected chi connectivity index (χ3v) is 6.38. The van der Waals surface area contributed by atoms with Crippen molar-refractivity contribution in [2.24, 2.45) is 0 Å². The van der Waals surface area contributed by atoms with Gasteiger partial charge in [-0.25, -0.2) is 0 Å². The molecule has 0 spiro atoms. The molecule has 2 saturated heterocycles. The van der Waals surface area contributed by atoms with Crippen LogP contribution in [0.25, 0.3) is 0 Å². The molecule has 0 aromatic heterocycles. The molecule has 0 aliphatic carbocycles. The topological polar surface area (TPSA) is 57.2 Å². The van der Waals surface area contributed by atoms with Gasteiger partial charge >= 0.3 is 0 Å². The molecule has 1 aromatic carbocycles. The molecular formula is C26H39O5. The molecule has 1 radical (unpaired) electrons. The summed E-state index contributed by atoms with van der Waals surface area (Å²) in [5.41, 5.74) is 1.20. The number of aliphatic hydroxyl groups excluding tert-OH is 1. The summed E-state index contributed by atoms with van der Waals surface area (Å²) in [4.78, 5) is 0. The van der Waals surface area contributed by atoms with Crippen LogP contribution in [0.1, 0.15) is 63.4 Å². The zero-order chi connectivity index (χ0) is 21.9. The fourth-order valence-electron chi connectivity index (χ4n) is 4.80. The van der Waals surface area contributed by atoms with Crippen molar-refractivity contribution in [3.05, 3.63) is 55.2 Å². The largest absolute Gasteiger partial charge is 0.390 e. The Morgan fingerprint density at radius 2 is 1.74 bits per heavy atom. The lowest BCUT2D eigenvalue weighted by atomic mass is 9.92. The van der Waals surface area contributed by atoms with Gasteiger partial charge in [0, 0.05) is 20.0 Å². The highest BCUT2D eigenvalue weighted by atomic mass is 16.5. The number of hydrogen-bond acceptors (Lipinski definition) is 5. The summed E-state index contributed by atoms with van der Waals surface area (Å²) in [5, 5.41) is 9.09. The van der Waals surface area contributed by atoms with Gasteiger partial charge in [-0.15, -0.1) is 6.58 Å². The molecule has 1 aromatic rings. The van der Waals surface area contributed by atoms with Crippen LogP contribution in [0, 0.1) is 6.61 Å². The Labute approximate surface area is 187 Å². The highest BCUT2D eigenvalue weighted by Crippen LogP contribution is 2.31. The number of benzene rings is 1. The van der Waals surface area contributed by atoms with Crippen LogP contribution in [0.2, 0.25) is 0 Å². The first kappa shape index (κ1) is 24.4. The molecule has 31 heavy (non-hydrogen) atoms. The van der Waals surface area contributed by atoms with Crippen LogP contribution in [-0.2, 0) is 25.6 Å². The average molecular weight is 432 g/mol. The second-order valence-corrected chi connectivity index (χ2v) is 8.85. The summed E-state index contributed by atoms with van der Waals surface area (Å²) in [6, 6.07) is 10.3. The van der Waals surface area contributed by atoms with Crippen LogP contribution < -0.4 is 0 Å². The highest BCUT2D eigenvalue weighted by Gasteiger charge is 2.33. The minimum absolute atomic E-state index is 0.0871. The van der Waals surface area contributed by atoms with Crippen LogP contribution in [0.15, 0.2) is 43.0 Å². The molecule has 2 aliphatic rings. The van der Waals surface area contributed by atoms with Crippen LogP contribution in [0.5, 0.6) is 0 Å². The van der Waals surface area contributed by atoms with E-state index in [0.717, 1.165) is 51.4 Å². The molecule has 173 valence electrons. The Balaban J connectivity index is 1.52. The smallest absolute Gasteiger partial charge is 0.0824 e. The summed E-state index contributed by atoms with van der Waals surface area (Å²) in [6.07, 6.45) is 10.9. The van der Waals surface area contributed by atoms with Gasteiger partial charge in [-0.05, 0) is 50.5 Å². The van der Waals surface area contributed by atoms with E-state index in [1.807, 2.05) is 24.3 Å². The number of rotatable bonds is 12. The minimum Gasteiger partial charge on any atom is -0.390 e. The Hall–Kier alpha value is -1.24. The van der Waals surface area contributed by atoms with Gasteiger partial charge in [0.25, 0.3) is 0 Å². The van der Waals surface area contributed by atoms with E-state index in [9.17, 15) is 0 Å². The van der Waals surface area contributed by atoms with E-state index in [0.29, 0.717) is 13.0 Å². The lowest BCUT2D eigenvalue weighted by Gasteiger charge is -2.37. The fourth-order valence-corrected chi connectivity index (χ4v) is 4.80. The van der Waals surface area contributed by atoms with E-state index in [1.165, 1.54) is 12.2 Å². The van der Waals surface area contributed by atoms with Gasteiger partial charge < -0.3 is 24.1 Å². The van der Waals surface area contributed by atoms with Gasteiger partial charge in [0.15, 0.2) is 0 Å². The van der Waals surface area contributed by atoms with Crippen molar-refractivity contribution < 1.29 is 24.1 Å². The van der Waals surface area contributed by atoms with E-state index in [1.54, 1.807) is 7.11 Å². The maximum Gasteiger partial charge on any atom is 0.0824 e. The maximum absolute atomic E-state index is 9.09. The standard InChI is InChI=1S/C26H39O5/c1-3-8-22-16-25(29-19-20-9-5-4-6-10-20)18-26(31-22)17-24(28-2)15-23-12-7-11-21(30-23)13-14-27/h3-6,9-10,14,21-27H,1,7-8,11-13,15-19H2,2H3/t21?,22-,23?,24-,25?,26?/m1/s1. The first-order valence-corrected chi connectivity index (χ1v) is 11.8. The second-order valence-electron chi connectivity index (χ2n) is 8.85. The fraction of sp³-hybridized carbons (Fsp3) is 0.654. The van der Waals surface area contributed by atoms with E-state index in [2.05, 4.69) is 18.7 Å². The van der Waals surface area contributed by atoms with Crippen LogP contribution in [0.3, 0.4) is 0 Å². The summed E-state index contributed by atoms with van der Waals surface area (Å²) >= 11 is 0. The van der Waals surface area contributed by atoms with Crippen molar-refractivity contribution in [1.82, 2.24) is 0 Å². The second kappa shape index (κ2) is 13.3. The van der Waals surface area contributed by atoms with Gasteiger partial charge in [-0.1, -0.05) is 36.4 Å². The Kier molecular flexibility index (Phi) is 10.5. The zero-order valence-electron chi connectivity index (χ0n) is 18.9. The van der Waals surface area contributed by atoms with Gasteiger partial charge in [-0.3, -0.25) is 0 Å². The molecule has 2 heterocycles. The molecule has 0 amide bonds. The molecule has 3 rings (SSSR count). The molecule has 5 nitrogen and oxygen atoms in total. The quantitative estimate of drug-likeness (QED) is 0.452. The molecule has 6 atom stereocenters. The lowest BCUT2D eigenvalue weighted by molar-refractivity contribution is -0.135. The van der Waals surface area contributed by atoms with Crippen LogP contribution in [0.4, 0.5) is 0 Å². The first-order valence-electron chi connectivity index (χ1n) is 11.8. The molecule has 2 aliphatic heterocycles. The zero-order valence-corrected chi connectivity index (χ0v) is 18.9. The number of aliphatic hydroxyl groups is 1. The normalized spacial score (nSPS) is 30.1. The highest BCUT2D eigenvalue weighted by molar-refractivity contribution is 5.13. The molecule has 0 saturated carbocycles. The van der Waals surface area contributed by atoms with Crippen LogP contribution >= 0.6 is 0 Å². The predicted octanol–water partition coefficient (Wildman–Crippen LogP) is 5.35. The van der Waals surface area contributed by atoms with Crippen molar-refractivity contribution in [2.45, 2.75) is 101 Å². The Morgan fingerprint density at radius 3 is 2.48 bits per heavy atom. The monoisotopic (exact) mass is 431 g/mol. The van der Waals surface area contributed by atoms with E-state index < -0.39 is 0 Å². The van der Waals surface area contributed by atoms with Gasteiger partial charge in [0.2, 0.25) is 0 Å². The molecule has 5 heteroatoms. The van der Waals surface area contributed by atoms with Gasteiger partial charge in [0.1, 0.15) is 0 Å². The van der Waals surface area contributed by atoms with E-state index >= 15 is 0 Å². The summed E-state index contributed by atoms with van der Waals surface area (Å²) in [7, 11) is 1.78. The van der Waals surface area contributed by atoms with Gasteiger partial charge in [-0.2, -0.15) is 0 Å². The molecule has 1 N–H and O–H groups in total. The van der Waals surface area contributed by atoms with E-state index in [-0.39, 0.29) is 36.6 Å².